The van der Waals surface area contributed by atoms with Crippen molar-refractivity contribution in [3.8, 4) is 0 Å². The first-order valence-corrected chi connectivity index (χ1v) is 5.31. The summed E-state index contributed by atoms with van der Waals surface area (Å²) >= 11 is 0. The topological polar surface area (TPSA) is 46.4 Å². The maximum Gasteiger partial charge on any atom is 0.411 e. The van der Waals surface area contributed by atoms with Crippen LogP contribution in [-0.2, 0) is 9.53 Å². The Bertz CT molecular complexity index is 331. The third-order valence-corrected chi connectivity index (χ3v) is 3.10. The van der Waals surface area contributed by atoms with Gasteiger partial charge in [-0.1, -0.05) is 0 Å². The molecule has 0 bridgehead atoms. The van der Waals surface area contributed by atoms with Gasteiger partial charge >= 0.3 is 6.09 Å². The van der Waals surface area contributed by atoms with Gasteiger partial charge in [0.05, 0.1) is 5.54 Å². The molecule has 2 fully saturated rings. The van der Waals surface area contributed by atoms with Crippen LogP contribution in [-0.4, -0.2) is 34.0 Å². The van der Waals surface area contributed by atoms with Crippen molar-refractivity contribution in [2.75, 3.05) is 0 Å². The highest BCUT2D eigenvalue weighted by Gasteiger charge is 2.69. The molecule has 4 heteroatoms. The van der Waals surface area contributed by atoms with Crippen molar-refractivity contribution >= 4 is 11.9 Å². The molecule has 0 aromatic rings. The molecule has 0 spiro atoms. The van der Waals surface area contributed by atoms with E-state index in [-0.39, 0.29) is 23.5 Å². The fourth-order valence-corrected chi connectivity index (χ4v) is 2.32. The summed E-state index contributed by atoms with van der Waals surface area (Å²) in [5.41, 5.74) is -0.743. The number of piperidine rings is 1. The molecule has 84 valence electrons. The van der Waals surface area contributed by atoms with Gasteiger partial charge in [-0.3, -0.25) is 9.69 Å². The summed E-state index contributed by atoms with van der Waals surface area (Å²) in [4.78, 5) is 24.8. The van der Waals surface area contributed by atoms with Crippen LogP contribution in [0.4, 0.5) is 4.79 Å². The molecule has 0 aromatic carbocycles. The number of amides is 1. The SMILES string of the molecule is CC(C)(C)OC(=O)N1[C@@H]2C(=O)CC[C@@]21C. The van der Waals surface area contributed by atoms with Gasteiger partial charge in [0.2, 0.25) is 0 Å². The van der Waals surface area contributed by atoms with Crippen LogP contribution in [0.2, 0.25) is 0 Å². The van der Waals surface area contributed by atoms with Crippen LogP contribution in [0.25, 0.3) is 0 Å². The van der Waals surface area contributed by atoms with Crippen molar-refractivity contribution in [1.82, 2.24) is 4.90 Å². The van der Waals surface area contributed by atoms with Gasteiger partial charge in [-0.25, -0.2) is 4.79 Å². The van der Waals surface area contributed by atoms with Gasteiger partial charge in [0.1, 0.15) is 11.6 Å². The summed E-state index contributed by atoms with van der Waals surface area (Å²) in [6.07, 6.45) is 1.01. The maximum atomic E-state index is 11.7. The Labute approximate surface area is 89.6 Å². The highest BCUT2D eigenvalue weighted by molar-refractivity contribution is 5.97. The standard InChI is InChI=1S/C11H17NO3/c1-10(2,3)15-9(14)12-8-7(13)5-6-11(8,12)4/h8H,5-6H2,1-4H3/t8-,11+,12?/m1/s1. The van der Waals surface area contributed by atoms with E-state index >= 15 is 0 Å². The van der Waals surface area contributed by atoms with Crippen LogP contribution >= 0.6 is 0 Å². The second-order valence-electron chi connectivity index (χ2n) is 5.58. The predicted molar refractivity (Wildman–Crippen MR) is 54.5 cm³/mol. The number of Topliss-reactive ketones (excluding diaryl/α,β-unsaturated/α-hetero) is 1. The summed E-state index contributed by atoms with van der Waals surface area (Å²) in [6, 6.07) is -0.215. The lowest BCUT2D eigenvalue weighted by molar-refractivity contribution is -0.118. The van der Waals surface area contributed by atoms with Crippen LogP contribution in [0.3, 0.4) is 0 Å². The average Bonchev–Trinajstić information content (AvgIpc) is 2.56. The third kappa shape index (κ3) is 1.52. The summed E-state index contributed by atoms with van der Waals surface area (Å²) in [5.74, 6) is 0.170. The molecular formula is C11H17NO3. The van der Waals surface area contributed by atoms with Crippen molar-refractivity contribution in [2.24, 2.45) is 0 Å². The lowest BCUT2D eigenvalue weighted by Crippen LogP contribution is -2.31. The van der Waals surface area contributed by atoms with Gasteiger partial charge in [0.15, 0.2) is 5.78 Å². The zero-order chi connectivity index (χ0) is 11.4. The fraction of sp³-hybridized carbons (Fsp3) is 0.818. The first-order chi connectivity index (χ1) is 6.76. The van der Waals surface area contributed by atoms with Crippen molar-refractivity contribution in [1.29, 1.82) is 0 Å². The summed E-state index contributed by atoms with van der Waals surface area (Å²) in [5, 5.41) is 0. The molecule has 15 heavy (non-hydrogen) atoms. The van der Waals surface area contributed by atoms with Crippen molar-refractivity contribution in [2.45, 2.75) is 57.7 Å². The van der Waals surface area contributed by atoms with E-state index in [0.29, 0.717) is 6.42 Å². The van der Waals surface area contributed by atoms with Gasteiger partial charge in [-0.05, 0) is 34.1 Å². The Morgan fingerprint density at radius 3 is 2.53 bits per heavy atom. The minimum atomic E-state index is -0.493. The van der Waals surface area contributed by atoms with Gasteiger partial charge < -0.3 is 4.74 Å². The summed E-state index contributed by atoms with van der Waals surface area (Å²) in [7, 11) is 0. The largest absolute Gasteiger partial charge is 0.444 e. The average molecular weight is 211 g/mol. The van der Waals surface area contributed by atoms with E-state index in [1.54, 1.807) is 4.90 Å². The van der Waals surface area contributed by atoms with E-state index in [9.17, 15) is 9.59 Å². The number of hydrogen-bond donors (Lipinski definition) is 0. The van der Waals surface area contributed by atoms with Crippen molar-refractivity contribution in [3.05, 3.63) is 0 Å². The third-order valence-electron chi connectivity index (χ3n) is 3.10. The molecule has 0 radical (unpaired) electrons. The Morgan fingerprint density at radius 1 is 1.53 bits per heavy atom. The Hall–Kier alpha value is -1.06. The van der Waals surface area contributed by atoms with E-state index in [2.05, 4.69) is 0 Å². The van der Waals surface area contributed by atoms with E-state index in [1.165, 1.54) is 0 Å². The van der Waals surface area contributed by atoms with Crippen LogP contribution in [0.1, 0.15) is 40.5 Å². The second kappa shape index (κ2) is 2.74. The number of fused-ring (bicyclic) bond motifs is 1. The molecule has 4 nitrogen and oxygen atoms in total. The van der Waals surface area contributed by atoms with E-state index in [1.807, 2.05) is 27.7 Å². The second-order valence-corrected chi connectivity index (χ2v) is 5.58. The number of ketones is 1. The summed E-state index contributed by atoms with van der Waals surface area (Å²) in [6.45, 7) is 7.43. The van der Waals surface area contributed by atoms with Crippen LogP contribution in [0.5, 0.6) is 0 Å². The molecule has 1 heterocycles. The molecule has 1 saturated heterocycles. The van der Waals surface area contributed by atoms with E-state index in [0.717, 1.165) is 6.42 Å². The Morgan fingerprint density at radius 2 is 2.13 bits per heavy atom. The normalized spacial score (nSPS) is 34.0. The molecule has 0 N–H and O–H groups in total. The van der Waals surface area contributed by atoms with Gasteiger partial charge in [0.25, 0.3) is 0 Å². The van der Waals surface area contributed by atoms with Crippen molar-refractivity contribution < 1.29 is 14.3 Å². The fourth-order valence-electron chi connectivity index (χ4n) is 2.32. The van der Waals surface area contributed by atoms with Gasteiger partial charge in [-0.15, -0.1) is 0 Å². The van der Waals surface area contributed by atoms with Crippen LogP contribution < -0.4 is 0 Å². The number of likely N-dealkylation sites (tertiary alicyclic amines) is 1. The molecule has 1 aliphatic carbocycles. The molecular weight excluding hydrogens is 194 g/mol. The molecule has 1 aliphatic heterocycles. The number of hydrogen-bond acceptors (Lipinski definition) is 3. The molecule has 1 saturated carbocycles. The number of carbonyl (C=O) groups excluding carboxylic acids is 2. The van der Waals surface area contributed by atoms with Gasteiger partial charge in [-0.2, -0.15) is 0 Å². The molecule has 2 atom stereocenters. The summed E-state index contributed by atoms with van der Waals surface area (Å²) < 4.78 is 5.25. The van der Waals surface area contributed by atoms with Crippen LogP contribution in [0, 0.1) is 0 Å². The monoisotopic (exact) mass is 211 g/mol. The predicted octanol–water partition coefficient (Wildman–Crippen LogP) is 1.73. The molecule has 0 unspecified atom stereocenters. The molecule has 2 rings (SSSR count). The number of ether oxygens (including phenoxy) is 1. The maximum absolute atomic E-state index is 11.7. The zero-order valence-electron chi connectivity index (χ0n) is 9.66. The first-order valence-electron chi connectivity index (χ1n) is 5.31. The number of carbonyl (C=O) groups is 2. The quantitative estimate of drug-likeness (QED) is 0.573. The molecule has 0 aromatic heterocycles. The lowest BCUT2D eigenvalue weighted by Gasteiger charge is -2.21. The van der Waals surface area contributed by atoms with E-state index < -0.39 is 5.60 Å². The van der Waals surface area contributed by atoms with Crippen LogP contribution in [0.15, 0.2) is 0 Å². The molecule has 1 amide bonds. The highest BCUT2D eigenvalue weighted by Crippen LogP contribution is 2.51. The van der Waals surface area contributed by atoms with Crippen molar-refractivity contribution in [3.63, 3.8) is 0 Å². The zero-order valence-corrected chi connectivity index (χ0v) is 9.66. The first kappa shape index (κ1) is 10.5. The minimum absolute atomic E-state index is 0.170. The Balaban J connectivity index is 2.04. The highest BCUT2D eigenvalue weighted by atomic mass is 16.6. The number of nitrogens with zero attached hydrogens (tertiary/aromatic N) is 1. The Kier molecular flexibility index (Phi) is 1.91. The van der Waals surface area contributed by atoms with E-state index in [4.69, 9.17) is 4.74 Å². The minimum Gasteiger partial charge on any atom is -0.444 e. The van der Waals surface area contributed by atoms with Gasteiger partial charge in [0, 0.05) is 6.42 Å². The number of rotatable bonds is 0. The molecule has 2 aliphatic rings. The lowest BCUT2D eigenvalue weighted by atomic mass is 10.1. The smallest absolute Gasteiger partial charge is 0.411 e.